The fourth-order valence-electron chi connectivity index (χ4n) is 2.68. The van der Waals surface area contributed by atoms with E-state index in [2.05, 4.69) is 15.3 Å². The van der Waals surface area contributed by atoms with E-state index in [0.717, 1.165) is 10.3 Å². The largest absolute Gasteiger partial charge is 0.443 e. The van der Waals surface area contributed by atoms with E-state index >= 15 is 0 Å². The maximum Gasteiger partial charge on any atom is 0.184 e. The van der Waals surface area contributed by atoms with Crippen LogP contribution in [0.15, 0.2) is 53.3 Å². The van der Waals surface area contributed by atoms with Crippen molar-refractivity contribution in [2.45, 2.75) is 19.9 Å². The molecule has 0 saturated heterocycles. The number of fused-ring (bicyclic) bond motifs is 1. The zero-order chi connectivity index (χ0) is 17.4. The van der Waals surface area contributed by atoms with Crippen molar-refractivity contribution in [2.24, 2.45) is 0 Å². The summed E-state index contributed by atoms with van der Waals surface area (Å²) in [6.45, 7) is 4.04. The van der Waals surface area contributed by atoms with Gasteiger partial charge in [0.25, 0.3) is 0 Å². The smallest absolute Gasteiger partial charge is 0.184 e. The fourth-order valence-corrected chi connectivity index (χ4v) is 3.75. The Balaban J connectivity index is 1.82. The van der Waals surface area contributed by atoms with Gasteiger partial charge >= 0.3 is 0 Å². The van der Waals surface area contributed by atoms with Crippen LogP contribution in [0.1, 0.15) is 13.8 Å². The first-order chi connectivity index (χ1) is 12.1. The Morgan fingerprint density at radius 2 is 1.92 bits per heavy atom. The monoisotopic (exact) mass is 353 g/mol. The van der Waals surface area contributed by atoms with E-state index in [0.29, 0.717) is 27.7 Å². The number of halogens is 1. The molecular weight excluding hydrogens is 337 g/mol. The van der Waals surface area contributed by atoms with E-state index in [1.807, 2.05) is 50.2 Å². The minimum atomic E-state index is -0.365. The van der Waals surface area contributed by atoms with Crippen molar-refractivity contribution in [3.8, 4) is 22.6 Å². The van der Waals surface area contributed by atoms with Crippen molar-refractivity contribution in [1.82, 2.24) is 9.97 Å². The van der Waals surface area contributed by atoms with E-state index in [1.54, 1.807) is 0 Å². The van der Waals surface area contributed by atoms with Crippen molar-refractivity contribution in [3.63, 3.8) is 0 Å². The molecule has 2 aromatic carbocycles. The van der Waals surface area contributed by atoms with Gasteiger partial charge in [-0.1, -0.05) is 41.7 Å². The van der Waals surface area contributed by atoms with Crippen LogP contribution in [0, 0.1) is 5.82 Å². The minimum Gasteiger partial charge on any atom is -0.443 e. The molecule has 4 nitrogen and oxygen atoms in total. The molecule has 0 spiro atoms. The highest BCUT2D eigenvalue weighted by molar-refractivity contribution is 7.22. The van der Waals surface area contributed by atoms with Crippen molar-refractivity contribution >= 4 is 26.7 Å². The van der Waals surface area contributed by atoms with Crippen LogP contribution in [0.2, 0.25) is 0 Å². The second-order valence-electron chi connectivity index (χ2n) is 6.02. The Hall–Kier alpha value is -2.73. The molecular formula is C19H16FN3OS. The molecule has 126 valence electrons. The summed E-state index contributed by atoms with van der Waals surface area (Å²) in [6.07, 6.45) is 1.39. The third kappa shape index (κ3) is 3.00. The summed E-state index contributed by atoms with van der Waals surface area (Å²) in [5.74, 6) is 0.190. The Bertz CT molecular complexity index is 1020. The summed E-state index contributed by atoms with van der Waals surface area (Å²) in [6, 6.07) is 13.3. The van der Waals surface area contributed by atoms with Gasteiger partial charge < -0.3 is 9.73 Å². The molecule has 0 amide bonds. The standard InChI is InChI=1S/C19H16FN3OS/c1-11(2)22-19-23-17-14(20)8-13(9-15(17)25-19)18-16(21-10-24-18)12-6-4-3-5-7-12/h3-11H,1-2H3,(H,22,23). The zero-order valence-electron chi connectivity index (χ0n) is 13.8. The summed E-state index contributed by atoms with van der Waals surface area (Å²) >= 11 is 1.43. The normalized spacial score (nSPS) is 11.4. The lowest BCUT2D eigenvalue weighted by molar-refractivity contribution is 0.571. The van der Waals surface area contributed by atoms with E-state index in [4.69, 9.17) is 4.42 Å². The zero-order valence-corrected chi connectivity index (χ0v) is 14.6. The first kappa shape index (κ1) is 15.8. The number of hydrogen-bond donors (Lipinski definition) is 1. The summed E-state index contributed by atoms with van der Waals surface area (Å²) in [4.78, 5) is 8.65. The van der Waals surface area contributed by atoms with Crippen LogP contribution in [0.3, 0.4) is 0 Å². The van der Waals surface area contributed by atoms with Gasteiger partial charge in [0, 0.05) is 17.2 Å². The Kier molecular flexibility index (Phi) is 3.97. The fraction of sp³-hybridized carbons (Fsp3) is 0.158. The summed E-state index contributed by atoms with van der Waals surface area (Å²) in [5.41, 5.74) is 2.65. The Morgan fingerprint density at radius 3 is 2.68 bits per heavy atom. The summed E-state index contributed by atoms with van der Waals surface area (Å²) < 4.78 is 20.9. The predicted molar refractivity (Wildman–Crippen MR) is 99.3 cm³/mol. The molecule has 2 aromatic heterocycles. The first-order valence-corrected chi connectivity index (χ1v) is 8.79. The number of thiazole rings is 1. The maximum absolute atomic E-state index is 14.6. The van der Waals surface area contributed by atoms with E-state index in [-0.39, 0.29) is 11.9 Å². The third-order valence-corrected chi connectivity index (χ3v) is 4.67. The van der Waals surface area contributed by atoms with Gasteiger partial charge in [-0.15, -0.1) is 0 Å². The molecule has 4 rings (SSSR count). The molecule has 0 bridgehead atoms. The maximum atomic E-state index is 14.6. The number of anilines is 1. The molecule has 2 heterocycles. The van der Waals surface area contributed by atoms with Crippen LogP contribution in [-0.2, 0) is 0 Å². The minimum absolute atomic E-state index is 0.238. The quantitative estimate of drug-likeness (QED) is 0.520. The molecule has 0 unspecified atom stereocenters. The van der Waals surface area contributed by atoms with E-state index < -0.39 is 0 Å². The SMILES string of the molecule is CC(C)Nc1nc2c(F)cc(-c3ocnc3-c3ccccc3)cc2s1. The van der Waals surface area contributed by atoms with Gasteiger partial charge in [-0.25, -0.2) is 14.4 Å². The van der Waals surface area contributed by atoms with E-state index in [9.17, 15) is 4.39 Å². The molecule has 0 aliphatic carbocycles. The van der Waals surface area contributed by atoms with E-state index in [1.165, 1.54) is 23.8 Å². The number of oxazole rings is 1. The second kappa shape index (κ2) is 6.29. The number of rotatable bonds is 4. The van der Waals surface area contributed by atoms with Crippen LogP contribution >= 0.6 is 11.3 Å². The van der Waals surface area contributed by atoms with Crippen molar-refractivity contribution in [1.29, 1.82) is 0 Å². The second-order valence-corrected chi connectivity index (χ2v) is 7.05. The molecule has 0 aliphatic rings. The average Bonchev–Trinajstić information content (AvgIpc) is 3.21. The molecule has 25 heavy (non-hydrogen) atoms. The highest BCUT2D eigenvalue weighted by atomic mass is 32.1. The Morgan fingerprint density at radius 1 is 1.12 bits per heavy atom. The highest BCUT2D eigenvalue weighted by Gasteiger charge is 2.17. The number of hydrogen-bond acceptors (Lipinski definition) is 5. The lowest BCUT2D eigenvalue weighted by Gasteiger charge is -2.03. The summed E-state index contributed by atoms with van der Waals surface area (Å²) in [5, 5.41) is 3.93. The van der Waals surface area contributed by atoms with Crippen LogP contribution in [-0.4, -0.2) is 16.0 Å². The molecule has 4 aromatic rings. The van der Waals surface area contributed by atoms with Crippen LogP contribution < -0.4 is 5.32 Å². The average molecular weight is 353 g/mol. The number of benzene rings is 2. The molecule has 0 aliphatic heterocycles. The topological polar surface area (TPSA) is 51.0 Å². The van der Waals surface area contributed by atoms with Crippen molar-refractivity contribution in [3.05, 3.63) is 54.7 Å². The molecule has 6 heteroatoms. The predicted octanol–water partition coefficient (Wildman–Crippen LogP) is 5.58. The van der Waals surface area contributed by atoms with Crippen LogP contribution in [0.4, 0.5) is 9.52 Å². The van der Waals surface area contributed by atoms with Crippen molar-refractivity contribution < 1.29 is 8.81 Å². The van der Waals surface area contributed by atoms with Gasteiger partial charge in [-0.2, -0.15) is 0 Å². The molecule has 0 radical (unpaired) electrons. The lowest BCUT2D eigenvalue weighted by Crippen LogP contribution is -2.08. The van der Waals surface area contributed by atoms with Crippen LogP contribution in [0.25, 0.3) is 32.8 Å². The number of nitrogens with zero attached hydrogens (tertiary/aromatic N) is 2. The van der Waals surface area contributed by atoms with Gasteiger partial charge in [-0.3, -0.25) is 0 Å². The van der Waals surface area contributed by atoms with Gasteiger partial charge in [0.15, 0.2) is 23.1 Å². The number of nitrogens with one attached hydrogen (secondary N) is 1. The Labute approximate surface area is 148 Å². The van der Waals surface area contributed by atoms with Gasteiger partial charge in [0.2, 0.25) is 0 Å². The summed E-state index contributed by atoms with van der Waals surface area (Å²) in [7, 11) is 0. The van der Waals surface area contributed by atoms with Gasteiger partial charge in [0.05, 0.1) is 4.70 Å². The first-order valence-electron chi connectivity index (χ1n) is 7.97. The molecule has 1 N–H and O–H groups in total. The van der Waals surface area contributed by atoms with Crippen LogP contribution in [0.5, 0.6) is 0 Å². The lowest BCUT2D eigenvalue weighted by atomic mass is 10.1. The molecule has 0 fully saturated rings. The number of aromatic nitrogens is 2. The molecule has 0 atom stereocenters. The highest BCUT2D eigenvalue weighted by Crippen LogP contribution is 2.36. The third-order valence-electron chi connectivity index (χ3n) is 3.74. The molecule has 0 saturated carbocycles. The van der Waals surface area contributed by atoms with Crippen molar-refractivity contribution in [2.75, 3.05) is 5.32 Å². The van der Waals surface area contributed by atoms with Gasteiger partial charge in [-0.05, 0) is 26.0 Å². The van der Waals surface area contributed by atoms with Gasteiger partial charge in [0.1, 0.15) is 11.2 Å².